The number of nitrogens with one attached hydrogen (secondary N) is 1. The monoisotopic (exact) mass is 346 g/mol. The van der Waals surface area contributed by atoms with E-state index in [0.717, 1.165) is 18.9 Å². The molecule has 1 fully saturated rings. The van der Waals surface area contributed by atoms with Gasteiger partial charge in [0, 0.05) is 19.3 Å². The van der Waals surface area contributed by atoms with Crippen molar-refractivity contribution < 1.29 is 9.53 Å². The summed E-state index contributed by atoms with van der Waals surface area (Å²) in [6.45, 7) is 2.02. The zero-order chi connectivity index (χ0) is 16.9. The molecule has 1 saturated heterocycles. The Morgan fingerprint density at radius 2 is 2.04 bits per heavy atom. The molecule has 3 rings (SSSR count). The number of ether oxygens (including phenoxy) is 1. The van der Waals surface area contributed by atoms with Crippen molar-refractivity contribution >= 4 is 35.0 Å². The van der Waals surface area contributed by atoms with Crippen molar-refractivity contribution in [2.45, 2.75) is 19.3 Å². The summed E-state index contributed by atoms with van der Waals surface area (Å²) >= 11 is 6.20. The number of hydrogen-bond donors (Lipinski definition) is 1. The fourth-order valence-corrected chi connectivity index (χ4v) is 2.86. The second-order valence-corrected chi connectivity index (χ2v) is 6.00. The first-order valence-corrected chi connectivity index (χ1v) is 8.28. The number of anilines is 3. The third-order valence-electron chi connectivity index (χ3n) is 3.95. The minimum atomic E-state index is -0.419. The number of carbonyl (C=O) groups is 1. The van der Waals surface area contributed by atoms with Crippen LogP contribution in [0.15, 0.2) is 30.5 Å². The number of rotatable bonds is 4. The molecule has 6 nitrogen and oxygen atoms in total. The molecule has 1 aliphatic rings. The first-order valence-electron chi connectivity index (χ1n) is 7.90. The van der Waals surface area contributed by atoms with Gasteiger partial charge in [0.05, 0.1) is 23.4 Å². The zero-order valence-corrected chi connectivity index (χ0v) is 14.2. The SMILES string of the molecule is COC(=O)c1ccc(Cl)c(Nc2nccc(N3CCCCC3)n2)c1. The molecule has 2 heterocycles. The van der Waals surface area contributed by atoms with Crippen LogP contribution in [0.1, 0.15) is 29.6 Å². The number of benzene rings is 1. The Morgan fingerprint density at radius 3 is 2.79 bits per heavy atom. The lowest BCUT2D eigenvalue weighted by molar-refractivity contribution is 0.0601. The van der Waals surface area contributed by atoms with E-state index in [9.17, 15) is 4.79 Å². The summed E-state index contributed by atoms with van der Waals surface area (Å²) in [7, 11) is 1.34. The molecule has 1 aromatic heterocycles. The summed E-state index contributed by atoms with van der Waals surface area (Å²) < 4.78 is 4.73. The molecule has 126 valence electrons. The van der Waals surface area contributed by atoms with Gasteiger partial charge in [-0.3, -0.25) is 0 Å². The Bertz CT molecular complexity index is 732. The highest BCUT2D eigenvalue weighted by atomic mass is 35.5. The van der Waals surface area contributed by atoms with Gasteiger partial charge in [0.15, 0.2) is 0 Å². The lowest BCUT2D eigenvalue weighted by Crippen LogP contribution is -2.30. The Hall–Kier alpha value is -2.34. The van der Waals surface area contributed by atoms with Gasteiger partial charge in [-0.15, -0.1) is 0 Å². The van der Waals surface area contributed by atoms with Crippen LogP contribution in [-0.4, -0.2) is 36.1 Å². The number of nitrogens with zero attached hydrogens (tertiary/aromatic N) is 3. The van der Waals surface area contributed by atoms with E-state index in [1.54, 1.807) is 24.4 Å². The van der Waals surface area contributed by atoms with Crippen LogP contribution in [0.2, 0.25) is 5.02 Å². The van der Waals surface area contributed by atoms with Gasteiger partial charge in [-0.05, 0) is 43.5 Å². The number of methoxy groups -OCH3 is 1. The molecule has 0 saturated carbocycles. The molecule has 0 spiro atoms. The molecule has 24 heavy (non-hydrogen) atoms. The number of hydrogen-bond acceptors (Lipinski definition) is 6. The third-order valence-corrected chi connectivity index (χ3v) is 4.28. The van der Waals surface area contributed by atoms with Gasteiger partial charge in [0.25, 0.3) is 0 Å². The molecule has 0 unspecified atom stereocenters. The summed E-state index contributed by atoms with van der Waals surface area (Å²) in [5, 5.41) is 3.56. The molecule has 1 aromatic carbocycles. The van der Waals surface area contributed by atoms with Crippen LogP contribution >= 0.6 is 11.6 Å². The maximum Gasteiger partial charge on any atom is 0.337 e. The molecule has 1 aliphatic heterocycles. The summed E-state index contributed by atoms with van der Waals surface area (Å²) in [6, 6.07) is 6.79. The van der Waals surface area contributed by atoms with Gasteiger partial charge in [-0.1, -0.05) is 11.6 Å². The maximum absolute atomic E-state index is 11.7. The minimum absolute atomic E-state index is 0.414. The highest BCUT2D eigenvalue weighted by molar-refractivity contribution is 6.33. The molecule has 2 aromatic rings. The number of halogens is 1. The topological polar surface area (TPSA) is 67.3 Å². The Labute approximate surface area is 145 Å². The van der Waals surface area contributed by atoms with Crippen molar-refractivity contribution in [2.24, 2.45) is 0 Å². The van der Waals surface area contributed by atoms with Crippen LogP contribution in [0.4, 0.5) is 17.5 Å². The van der Waals surface area contributed by atoms with Gasteiger partial charge in [0.2, 0.25) is 5.95 Å². The Balaban J connectivity index is 1.82. The zero-order valence-electron chi connectivity index (χ0n) is 13.5. The van der Waals surface area contributed by atoms with Crippen molar-refractivity contribution in [2.75, 3.05) is 30.4 Å². The van der Waals surface area contributed by atoms with Gasteiger partial charge >= 0.3 is 5.97 Å². The number of piperidine rings is 1. The van der Waals surface area contributed by atoms with E-state index in [1.165, 1.54) is 26.4 Å². The van der Waals surface area contributed by atoms with E-state index >= 15 is 0 Å². The van der Waals surface area contributed by atoms with E-state index in [-0.39, 0.29) is 0 Å². The van der Waals surface area contributed by atoms with E-state index in [4.69, 9.17) is 16.3 Å². The Morgan fingerprint density at radius 1 is 1.25 bits per heavy atom. The quantitative estimate of drug-likeness (QED) is 0.852. The molecule has 0 amide bonds. The van der Waals surface area contributed by atoms with E-state index in [2.05, 4.69) is 20.2 Å². The first kappa shape index (κ1) is 16.5. The average Bonchev–Trinajstić information content (AvgIpc) is 2.64. The molecular weight excluding hydrogens is 328 g/mol. The van der Waals surface area contributed by atoms with Crippen LogP contribution in [-0.2, 0) is 4.74 Å². The second kappa shape index (κ2) is 7.49. The molecule has 0 atom stereocenters. The number of esters is 1. The highest BCUT2D eigenvalue weighted by Crippen LogP contribution is 2.26. The van der Waals surface area contributed by atoms with Gasteiger partial charge in [-0.2, -0.15) is 4.98 Å². The highest BCUT2D eigenvalue weighted by Gasteiger charge is 2.14. The van der Waals surface area contributed by atoms with Crippen LogP contribution in [0.25, 0.3) is 0 Å². The first-order chi connectivity index (χ1) is 11.7. The largest absolute Gasteiger partial charge is 0.465 e. The van der Waals surface area contributed by atoms with Gasteiger partial charge in [0.1, 0.15) is 5.82 Å². The standard InChI is InChI=1S/C17H19ClN4O2/c1-24-16(23)12-5-6-13(18)14(11-12)20-17-19-8-7-15(21-17)22-9-3-2-4-10-22/h5-8,11H,2-4,9-10H2,1H3,(H,19,20,21). The van der Waals surface area contributed by atoms with Crippen LogP contribution < -0.4 is 10.2 Å². The van der Waals surface area contributed by atoms with Crippen molar-refractivity contribution in [3.63, 3.8) is 0 Å². The molecular formula is C17H19ClN4O2. The molecule has 0 aliphatic carbocycles. The lowest BCUT2D eigenvalue weighted by Gasteiger charge is -2.27. The predicted molar refractivity (Wildman–Crippen MR) is 94.2 cm³/mol. The van der Waals surface area contributed by atoms with Crippen LogP contribution in [0.3, 0.4) is 0 Å². The van der Waals surface area contributed by atoms with Crippen molar-refractivity contribution in [1.82, 2.24) is 9.97 Å². The number of carbonyl (C=O) groups excluding carboxylic acids is 1. The van der Waals surface area contributed by atoms with Crippen molar-refractivity contribution in [3.8, 4) is 0 Å². The smallest absolute Gasteiger partial charge is 0.337 e. The maximum atomic E-state index is 11.7. The normalized spacial score (nSPS) is 14.3. The Kier molecular flexibility index (Phi) is 5.15. The fraction of sp³-hybridized carbons (Fsp3) is 0.353. The van der Waals surface area contributed by atoms with E-state index in [1.807, 2.05) is 6.07 Å². The third kappa shape index (κ3) is 3.76. The molecule has 7 heteroatoms. The van der Waals surface area contributed by atoms with E-state index < -0.39 is 5.97 Å². The summed E-state index contributed by atoms with van der Waals surface area (Å²) in [4.78, 5) is 22.7. The minimum Gasteiger partial charge on any atom is -0.465 e. The molecule has 0 radical (unpaired) electrons. The molecule has 1 N–H and O–H groups in total. The van der Waals surface area contributed by atoms with Crippen LogP contribution in [0.5, 0.6) is 0 Å². The average molecular weight is 347 g/mol. The van der Waals surface area contributed by atoms with E-state index in [0.29, 0.717) is 22.2 Å². The predicted octanol–water partition coefficient (Wildman–Crippen LogP) is 3.65. The number of aromatic nitrogens is 2. The van der Waals surface area contributed by atoms with Crippen molar-refractivity contribution in [3.05, 3.63) is 41.0 Å². The summed E-state index contributed by atoms with van der Waals surface area (Å²) in [6.07, 6.45) is 5.35. The molecule has 0 bridgehead atoms. The summed E-state index contributed by atoms with van der Waals surface area (Å²) in [5.41, 5.74) is 0.979. The van der Waals surface area contributed by atoms with Gasteiger partial charge in [-0.25, -0.2) is 9.78 Å². The lowest BCUT2D eigenvalue weighted by atomic mass is 10.1. The van der Waals surface area contributed by atoms with Gasteiger partial charge < -0.3 is 15.0 Å². The fourth-order valence-electron chi connectivity index (χ4n) is 2.69. The van der Waals surface area contributed by atoms with Crippen LogP contribution in [0, 0.1) is 0 Å². The van der Waals surface area contributed by atoms with Crippen molar-refractivity contribution in [1.29, 1.82) is 0 Å². The second-order valence-electron chi connectivity index (χ2n) is 5.60. The summed E-state index contributed by atoms with van der Waals surface area (Å²) in [5.74, 6) is 0.923.